The van der Waals surface area contributed by atoms with Gasteiger partial charge >= 0.3 is 6.18 Å². The number of hydrogen-bond acceptors (Lipinski definition) is 3. The summed E-state index contributed by atoms with van der Waals surface area (Å²) in [5.41, 5.74) is 5.86. The number of nitrogens with one attached hydrogen (secondary N) is 2. The van der Waals surface area contributed by atoms with Crippen molar-refractivity contribution < 1.29 is 22.8 Å². The van der Waals surface area contributed by atoms with Crippen LogP contribution in [0.15, 0.2) is 54.7 Å². The summed E-state index contributed by atoms with van der Waals surface area (Å²) < 4.78 is 40.1. The molecule has 0 unspecified atom stereocenters. The van der Waals surface area contributed by atoms with Crippen molar-refractivity contribution in [3.8, 4) is 5.69 Å². The molecule has 0 spiro atoms. The van der Waals surface area contributed by atoms with Crippen molar-refractivity contribution >= 4 is 11.8 Å². The molecule has 0 aliphatic carbocycles. The highest BCUT2D eigenvalue weighted by Gasteiger charge is 2.30. The number of hydrogen-bond donors (Lipinski definition) is 2. The van der Waals surface area contributed by atoms with Gasteiger partial charge in [-0.3, -0.25) is 20.4 Å². The molecule has 2 N–H and O–H groups in total. The molecule has 6 nitrogen and oxygen atoms in total. The number of hydrazine groups is 1. The van der Waals surface area contributed by atoms with Gasteiger partial charge in [0.2, 0.25) is 0 Å². The van der Waals surface area contributed by atoms with Crippen LogP contribution in [0.1, 0.15) is 44.5 Å². The Kier molecular flexibility index (Phi) is 5.91. The highest BCUT2D eigenvalue weighted by molar-refractivity contribution is 5.99. The molecule has 0 atom stereocenters. The van der Waals surface area contributed by atoms with Crippen molar-refractivity contribution in [2.75, 3.05) is 0 Å². The van der Waals surface area contributed by atoms with E-state index in [0.717, 1.165) is 24.1 Å². The zero-order valence-electron chi connectivity index (χ0n) is 16.2. The highest BCUT2D eigenvalue weighted by atomic mass is 19.4. The normalized spacial score (nSPS) is 11.2. The molecule has 1 aromatic heterocycles. The van der Waals surface area contributed by atoms with Crippen LogP contribution in [0.3, 0.4) is 0 Å². The predicted octanol–water partition coefficient (Wildman–Crippen LogP) is 3.84. The standard InChI is InChI=1S/C21H19F3N4O2/c1-3-14-7-9-15(10-8-14)19(29)26-27-20(30)18-12-25-28(13(18)2)17-6-4-5-16(11-17)21(22,23)24/h4-12H,3H2,1-2H3,(H,26,29)(H,27,30). The van der Waals surface area contributed by atoms with Crippen LogP contribution in [-0.4, -0.2) is 21.6 Å². The molecule has 2 aromatic carbocycles. The van der Waals surface area contributed by atoms with E-state index in [0.29, 0.717) is 11.3 Å². The largest absolute Gasteiger partial charge is 0.416 e. The van der Waals surface area contributed by atoms with Crippen molar-refractivity contribution in [3.63, 3.8) is 0 Å². The first-order valence-corrected chi connectivity index (χ1v) is 9.12. The Balaban J connectivity index is 1.72. The predicted molar refractivity (Wildman–Crippen MR) is 104 cm³/mol. The van der Waals surface area contributed by atoms with E-state index in [-0.39, 0.29) is 11.3 Å². The molecule has 30 heavy (non-hydrogen) atoms. The van der Waals surface area contributed by atoms with E-state index in [4.69, 9.17) is 0 Å². The molecular formula is C21H19F3N4O2. The Bertz CT molecular complexity index is 1070. The van der Waals surface area contributed by atoms with E-state index in [1.54, 1.807) is 19.1 Å². The summed E-state index contributed by atoms with van der Waals surface area (Å²) in [6, 6.07) is 11.6. The van der Waals surface area contributed by atoms with Gasteiger partial charge in [-0.05, 0) is 49.2 Å². The quantitative estimate of drug-likeness (QED) is 0.635. The number of alkyl halides is 3. The van der Waals surface area contributed by atoms with E-state index in [2.05, 4.69) is 16.0 Å². The van der Waals surface area contributed by atoms with Gasteiger partial charge in [0.1, 0.15) is 0 Å². The molecule has 0 saturated heterocycles. The summed E-state index contributed by atoms with van der Waals surface area (Å²) in [5, 5.41) is 4.01. The molecule has 156 valence electrons. The average molecular weight is 416 g/mol. The molecule has 1 heterocycles. The second-order valence-corrected chi connectivity index (χ2v) is 6.56. The number of carbonyl (C=O) groups excluding carboxylic acids is 2. The molecule has 0 radical (unpaired) electrons. The number of rotatable bonds is 4. The maximum atomic E-state index is 12.9. The lowest BCUT2D eigenvalue weighted by molar-refractivity contribution is -0.137. The summed E-state index contributed by atoms with van der Waals surface area (Å²) in [5.74, 6) is -1.13. The van der Waals surface area contributed by atoms with Crippen LogP contribution >= 0.6 is 0 Å². The molecule has 0 bridgehead atoms. The van der Waals surface area contributed by atoms with Gasteiger partial charge in [-0.1, -0.05) is 25.1 Å². The number of aromatic nitrogens is 2. The van der Waals surface area contributed by atoms with Crippen LogP contribution in [0.5, 0.6) is 0 Å². The number of halogens is 3. The monoisotopic (exact) mass is 416 g/mol. The second-order valence-electron chi connectivity index (χ2n) is 6.56. The van der Waals surface area contributed by atoms with Crippen molar-refractivity contribution in [1.82, 2.24) is 20.6 Å². The number of nitrogens with zero attached hydrogens (tertiary/aromatic N) is 2. The van der Waals surface area contributed by atoms with E-state index < -0.39 is 23.6 Å². The van der Waals surface area contributed by atoms with E-state index >= 15 is 0 Å². The Hall–Kier alpha value is -3.62. The lowest BCUT2D eigenvalue weighted by Crippen LogP contribution is -2.41. The molecule has 3 rings (SSSR count). The van der Waals surface area contributed by atoms with Crippen LogP contribution in [0.25, 0.3) is 5.69 Å². The first-order valence-electron chi connectivity index (χ1n) is 9.12. The molecule has 3 aromatic rings. The van der Waals surface area contributed by atoms with Crippen LogP contribution < -0.4 is 10.9 Å². The van der Waals surface area contributed by atoms with Gasteiger partial charge in [0.25, 0.3) is 11.8 Å². The van der Waals surface area contributed by atoms with E-state index in [9.17, 15) is 22.8 Å². The van der Waals surface area contributed by atoms with Gasteiger partial charge in [0, 0.05) is 5.56 Å². The number of amides is 2. The summed E-state index contributed by atoms with van der Waals surface area (Å²) >= 11 is 0. The SMILES string of the molecule is CCc1ccc(C(=O)NNC(=O)c2cnn(-c3cccc(C(F)(F)F)c3)c2C)cc1. The first-order chi connectivity index (χ1) is 14.2. The second kappa shape index (κ2) is 8.40. The molecule has 9 heteroatoms. The van der Waals surface area contributed by atoms with Crippen LogP contribution in [0.2, 0.25) is 0 Å². The minimum Gasteiger partial charge on any atom is -0.267 e. The van der Waals surface area contributed by atoms with E-state index in [1.807, 2.05) is 19.1 Å². The number of carbonyl (C=O) groups is 2. The first kappa shape index (κ1) is 21.1. The highest BCUT2D eigenvalue weighted by Crippen LogP contribution is 2.30. The van der Waals surface area contributed by atoms with Gasteiger partial charge in [-0.15, -0.1) is 0 Å². The van der Waals surface area contributed by atoms with Crippen LogP contribution in [0.4, 0.5) is 13.2 Å². The summed E-state index contributed by atoms with van der Waals surface area (Å²) in [6.07, 6.45) is -2.42. The van der Waals surface area contributed by atoms with Gasteiger partial charge in [-0.25, -0.2) is 4.68 Å². The van der Waals surface area contributed by atoms with Crippen molar-refractivity contribution in [2.24, 2.45) is 0 Å². The molecular weight excluding hydrogens is 397 g/mol. The zero-order valence-corrected chi connectivity index (χ0v) is 16.2. The summed E-state index contributed by atoms with van der Waals surface area (Å²) in [6.45, 7) is 3.55. The maximum Gasteiger partial charge on any atom is 0.416 e. The summed E-state index contributed by atoms with van der Waals surface area (Å²) in [7, 11) is 0. The van der Waals surface area contributed by atoms with Gasteiger partial charge in [-0.2, -0.15) is 18.3 Å². The minimum atomic E-state index is -4.49. The summed E-state index contributed by atoms with van der Waals surface area (Å²) in [4.78, 5) is 24.6. The average Bonchev–Trinajstić information content (AvgIpc) is 3.12. The maximum absolute atomic E-state index is 12.9. The van der Waals surface area contributed by atoms with E-state index in [1.165, 1.54) is 23.0 Å². The Morgan fingerprint density at radius 2 is 1.70 bits per heavy atom. The molecule has 0 aliphatic heterocycles. The number of benzene rings is 2. The smallest absolute Gasteiger partial charge is 0.267 e. The molecule has 0 fully saturated rings. The van der Waals surface area contributed by atoms with Gasteiger partial charge in [0.05, 0.1) is 28.7 Å². The van der Waals surface area contributed by atoms with Crippen molar-refractivity contribution in [3.05, 3.63) is 82.7 Å². The lowest BCUT2D eigenvalue weighted by Gasteiger charge is -2.10. The molecule has 2 amide bonds. The third-order valence-electron chi connectivity index (χ3n) is 4.59. The Morgan fingerprint density at radius 1 is 1.03 bits per heavy atom. The van der Waals surface area contributed by atoms with Crippen LogP contribution in [-0.2, 0) is 12.6 Å². The van der Waals surface area contributed by atoms with Crippen molar-refractivity contribution in [2.45, 2.75) is 26.4 Å². The van der Waals surface area contributed by atoms with Gasteiger partial charge < -0.3 is 0 Å². The van der Waals surface area contributed by atoms with Crippen LogP contribution in [0, 0.1) is 6.92 Å². The Labute approximate surface area is 170 Å². The number of aryl methyl sites for hydroxylation is 1. The van der Waals surface area contributed by atoms with Crippen molar-refractivity contribution in [1.29, 1.82) is 0 Å². The molecule has 0 saturated carbocycles. The molecule has 0 aliphatic rings. The topological polar surface area (TPSA) is 76.0 Å². The fraction of sp³-hybridized carbons (Fsp3) is 0.190. The van der Waals surface area contributed by atoms with Gasteiger partial charge in [0.15, 0.2) is 0 Å². The minimum absolute atomic E-state index is 0.119. The lowest BCUT2D eigenvalue weighted by atomic mass is 10.1. The Morgan fingerprint density at radius 3 is 2.33 bits per heavy atom. The fourth-order valence-corrected chi connectivity index (χ4v) is 2.85. The zero-order chi connectivity index (χ0) is 21.9. The fourth-order valence-electron chi connectivity index (χ4n) is 2.85. The third-order valence-corrected chi connectivity index (χ3v) is 4.59. The third kappa shape index (κ3) is 4.51.